The molecule has 0 saturated heterocycles. The smallest absolute Gasteiger partial charge is 0.452 e. The van der Waals surface area contributed by atoms with Crippen molar-refractivity contribution >= 4 is 18.0 Å². The van der Waals surface area contributed by atoms with Gasteiger partial charge in [-0.25, -0.2) is 4.79 Å². The van der Waals surface area contributed by atoms with E-state index >= 15 is 0 Å². The van der Waals surface area contributed by atoms with Gasteiger partial charge in [0.25, 0.3) is 5.91 Å². The minimum Gasteiger partial charge on any atom is -0.452 e. The minimum absolute atomic E-state index is 0.109. The molecule has 0 radical (unpaired) electrons. The molecule has 0 spiro atoms. The van der Waals surface area contributed by atoms with Gasteiger partial charge in [0.1, 0.15) is 5.75 Å². The molecule has 0 aliphatic heterocycles. The fraction of sp³-hybridized carbons (Fsp3) is 0.474. The fourth-order valence-corrected chi connectivity index (χ4v) is 2.91. The van der Waals surface area contributed by atoms with Crippen molar-refractivity contribution in [2.24, 2.45) is 5.92 Å². The molecule has 8 heteroatoms. The zero-order valence-electron chi connectivity index (χ0n) is 14.9. The second-order valence-electron chi connectivity index (χ2n) is 6.49. The van der Waals surface area contributed by atoms with Crippen LogP contribution in [0.25, 0.3) is 6.08 Å². The zero-order valence-corrected chi connectivity index (χ0v) is 14.9. The molecule has 2 rings (SSSR count). The normalized spacial score (nSPS) is 20.3. The highest BCUT2D eigenvalue weighted by Gasteiger charge is 2.30. The molecule has 0 heterocycles. The molecule has 1 aromatic rings. The summed E-state index contributed by atoms with van der Waals surface area (Å²) in [6.07, 6.45) is 1.96. The van der Waals surface area contributed by atoms with Crippen LogP contribution in [0, 0.1) is 5.92 Å². The van der Waals surface area contributed by atoms with Crippen molar-refractivity contribution in [3.8, 4) is 5.75 Å². The lowest BCUT2D eigenvalue weighted by atomic mass is 9.86. The molecule has 1 aliphatic rings. The number of rotatable bonds is 6. The van der Waals surface area contributed by atoms with Crippen LogP contribution >= 0.6 is 0 Å². The van der Waals surface area contributed by atoms with Crippen molar-refractivity contribution in [1.29, 1.82) is 0 Å². The molecule has 1 aliphatic carbocycles. The number of carbonyl (C=O) groups excluding carboxylic acids is 2. The van der Waals surface area contributed by atoms with Crippen molar-refractivity contribution in [1.82, 2.24) is 5.32 Å². The fourth-order valence-electron chi connectivity index (χ4n) is 2.91. The van der Waals surface area contributed by atoms with E-state index in [-0.39, 0.29) is 24.3 Å². The topological polar surface area (TPSA) is 64.6 Å². The third kappa shape index (κ3) is 7.72. The molecule has 5 nitrogen and oxygen atoms in total. The molecule has 0 unspecified atom stereocenters. The first-order chi connectivity index (χ1) is 12.7. The van der Waals surface area contributed by atoms with E-state index in [1.807, 2.05) is 0 Å². The Hall–Kier alpha value is -2.51. The second-order valence-corrected chi connectivity index (χ2v) is 6.49. The predicted molar refractivity (Wildman–Crippen MR) is 92.7 cm³/mol. The van der Waals surface area contributed by atoms with E-state index in [1.54, 1.807) is 0 Å². The quantitative estimate of drug-likeness (QED) is 0.597. The molecule has 0 bridgehead atoms. The summed E-state index contributed by atoms with van der Waals surface area (Å²) in [6.45, 7) is 1.72. The average Bonchev–Trinajstić information content (AvgIpc) is 2.60. The summed E-state index contributed by atoms with van der Waals surface area (Å²) in [6, 6.07) is 5.11. The van der Waals surface area contributed by atoms with Gasteiger partial charge in [-0.15, -0.1) is 13.2 Å². The third-order valence-electron chi connectivity index (χ3n) is 4.33. The largest absolute Gasteiger partial charge is 0.573 e. The van der Waals surface area contributed by atoms with E-state index in [2.05, 4.69) is 17.0 Å². The number of nitrogens with one attached hydrogen (secondary N) is 1. The first-order valence-corrected chi connectivity index (χ1v) is 8.73. The molecule has 1 saturated carbocycles. The summed E-state index contributed by atoms with van der Waals surface area (Å²) in [4.78, 5) is 23.5. The SMILES string of the molecule is C[C@@H]1CCCC[C@H]1NC(=O)COC(=O)/C=C/c1ccc(OC(F)(F)F)cc1. The van der Waals surface area contributed by atoms with Gasteiger partial charge in [-0.1, -0.05) is 31.9 Å². The standard InChI is InChI=1S/C19H22F3NO4/c1-13-4-2-3-5-16(13)23-17(24)12-26-18(25)11-8-14-6-9-15(10-7-14)27-19(20,21)22/h6-11,13,16H,2-5,12H2,1H3,(H,23,24)/b11-8+/t13-,16-/m1/s1. The molecular formula is C19H22F3NO4. The number of hydrogen-bond acceptors (Lipinski definition) is 4. The van der Waals surface area contributed by atoms with Crippen LogP contribution in [0.4, 0.5) is 13.2 Å². The van der Waals surface area contributed by atoms with Gasteiger partial charge in [0.2, 0.25) is 0 Å². The molecule has 2 atom stereocenters. The Morgan fingerprint density at radius 3 is 2.48 bits per heavy atom. The Morgan fingerprint density at radius 2 is 1.85 bits per heavy atom. The van der Waals surface area contributed by atoms with Gasteiger partial charge < -0.3 is 14.8 Å². The van der Waals surface area contributed by atoms with Crippen LogP contribution in [0.2, 0.25) is 0 Å². The maximum Gasteiger partial charge on any atom is 0.573 e. The number of benzene rings is 1. The number of amides is 1. The lowest BCUT2D eigenvalue weighted by Gasteiger charge is -2.29. The zero-order chi connectivity index (χ0) is 19.9. The highest BCUT2D eigenvalue weighted by molar-refractivity contribution is 5.89. The van der Waals surface area contributed by atoms with Gasteiger partial charge in [-0.3, -0.25) is 4.79 Å². The lowest BCUT2D eigenvalue weighted by molar-refractivity contribution is -0.274. The molecule has 1 fully saturated rings. The average molecular weight is 385 g/mol. The number of ether oxygens (including phenoxy) is 2. The van der Waals surface area contributed by atoms with Crippen molar-refractivity contribution in [2.45, 2.75) is 45.0 Å². The van der Waals surface area contributed by atoms with E-state index < -0.39 is 12.3 Å². The highest BCUT2D eigenvalue weighted by Crippen LogP contribution is 2.24. The minimum atomic E-state index is -4.75. The Labute approximate surface area is 155 Å². The third-order valence-corrected chi connectivity index (χ3v) is 4.33. The maximum absolute atomic E-state index is 12.1. The van der Waals surface area contributed by atoms with Gasteiger partial charge in [-0.05, 0) is 42.5 Å². The van der Waals surface area contributed by atoms with E-state index in [0.29, 0.717) is 11.5 Å². The Balaban J connectivity index is 1.75. The van der Waals surface area contributed by atoms with Gasteiger partial charge >= 0.3 is 12.3 Å². The summed E-state index contributed by atoms with van der Waals surface area (Å²) < 4.78 is 44.9. The number of alkyl halides is 3. The van der Waals surface area contributed by atoms with E-state index in [4.69, 9.17) is 4.74 Å². The Kier molecular flexibility index (Phi) is 7.27. The van der Waals surface area contributed by atoms with E-state index in [9.17, 15) is 22.8 Å². The summed E-state index contributed by atoms with van der Waals surface area (Å²) in [5.74, 6) is -1.000. The van der Waals surface area contributed by atoms with Gasteiger partial charge in [0.05, 0.1) is 0 Å². The predicted octanol–water partition coefficient (Wildman–Crippen LogP) is 3.84. The van der Waals surface area contributed by atoms with Crippen LogP contribution in [-0.2, 0) is 14.3 Å². The van der Waals surface area contributed by atoms with E-state index in [1.165, 1.54) is 18.2 Å². The van der Waals surface area contributed by atoms with Crippen LogP contribution in [0.3, 0.4) is 0 Å². The van der Waals surface area contributed by atoms with Gasteiger partial charge in [-0.2, -0.15) is 0 Å². The molecule has 1 N–H and O–H groups in total. The first kappa shape index (κ1) is 20.8. The lowest BCUT2D eigenvalue weighted by Crippen LogP contribution is -2.42. The summed E-state index contributed by atoms with van der Waals surface area (Å²) >= 11 is 0. The van der Waals surface area contributed by atoms with Crippen molar-refractivity contribution in [3.63, 3.8) is 0 Å². The van der Waals surface area contributed by atoms with Crippen molar-refractivity contribution in [3.05, 3.63) is 35.9 Å². The van der Waals surface area contributed by atoms with Crippen LogP contribution in [-0.4, -0.2) is 30.9 Å². The molecule has 148 valence electrons. The number of halogens is 3. The first-order valence-electron chi connectivity index (χ1n) is 8.73. The molecule has 0 aromatic heterocycles. The number of carbonyl (C=O) groups is 2. The van der Waals surface area contributed by atoms with Crippen LogP contribution in [0.15, 0.2) is 30.3 Å². The highest BCUT2D eigenvalue weighted by atomic mass is 19.4. The summed E-state index contributed by atoms with van der Waals surface area (Å²) in [7, 11) is 0. The monoisotopic (exact) mass is 385 g/mol. The second kappa shape index (κ2) is 9.43. The van der Waals surface area contributed by atoms with Crippen LogP contribution in [0.5, 0.6) is 5.75 Å². The van der Waals surface area contributed by atoms with Gasteiger partial charge in [0, 0.05) is 12.1 Å². The summed E-state index contributed by atoms with van der Waals surface area (Å²) in [5, 5.41) is 2.88. The van der Waals surface area contributed by atoms with Crippen molar-refractivity contribution in [2.75, 3.05) is 6.61 Å². The van der Waals surface area contributed by atoms with Gasteiger partial charge in [0.15, 0.2) is 6.61 Å². The molecular weight excluding hydrogens is 363 g/mol. The van der Waals surface area contributed by atoms with Crippen molar-refractivity contribution < 1.29 is 32.2 Å². The molecule has 1 aromatic carbocycles. The Bertz CT molecular complexity index is 671. The number of hydrogen-bond donors (Lipinski definition) is 1. The Morgan fingerprint density at radius 1 is 1.19 bits per heavy atom. The maximum atomic E-state index is 12.1. The molecule has 1 amide bonds. The van der Waals surface area contributed by atoms with Crippen LogP contribution < -0.4 is 10.1 Å². The van der Waals surface area contributed by atoms with E-state index in [0.717, 1.165) is 43.9 Å². The number of esters is 1. The summed E-state index contributed by atoms with van der Waals surface area (Å²) in [5.41, 5.74) is 0.488. The molecule has 27 heavy (non-hydrogen) atoms. The van der Waals surface area contributed by atoms with Crippen LogP contribution in [0.1, 0.15) is 38.2 Å².